The second-order valence-electron chi connectivity index (χ2n) is 4.06. The largest absolute Gasteiger partial charge is 0.354 e. The molecule has 0 aromatic carbocycles. The summed E-state index contributed by atoms with van der Waals surface area (Å²) in [6.07, 6.45) is 3.11. The molecule has 1 fully saturated rings. The maximum absolute atomic E-state index is 4.39. The van der Waals surface area contributed by atoms with Gasteiger partial charge in [-0.3, -0.25) is 4.90 Å². The fraction of sp³-hybridized carbons (Fsp3) is 0.583. The number of anilines is 1. The van der Waals surface area contributed by atoms with Gasteiger partial charge in [-0.15, -0.1) is 0 Å². The molecule has 3 nitrogen and oxygen atoms in total. The van der Waals surface area contributed by atoms with Crippen LogP contribution in [-0.4, -0.2) is 47.9 Å². The maximum atomic E-state index is 4.39. The molecule has 1 aromatic rings. The Labute approximate surface area is 106 Å². The topological polar surface area (TPSA) is 19.4 Å². The lowest BCUT2D eigenvalue weighted by molar-refractivity contribution is 0.259. The van der Waals surface area contributed by atoms with Crippen LogP contribution in [0.3, 0.4) is 0 Å². The summed E-state index contributed by atoms with van der Waals surface area (Å²) in [7, 11) is 0. The van der Waals surface area contributed by atoms with Gasteiger partial charge in [0.1, 0.15) is 5.82 Å². The highest BCUT2D eigenvalue weighted by atomic mass is 79.9. The molecule has 2 heterocycles. The van der Waals surface area contributed by atoms with Crippen molar-refractivity contribution in [3.05, 3.63) is 24.4 Å². The van der Waals surface area contributed by atoms with E-state index in [4.69, 9.17) is 0 Å². The lowest BCUT2D eigenvalue weighted by Gasteiger charge is -2.35. The van der Waals surface area contributed by atoms with E-state index in [9.17, 15) is 0 Å². The van der Waals surface area contributed by atoms with Crippen molar-refractivity contribution in [3.8, 4) is 0 Å². The Bertz CT molecular complexity index is 296. The van der Waals surface area contributed by atoms with Crippen molar-refractivity contribution in [2.45, 2.75) is 6.42 Å². The fourth-order valence-electron chi connectivity index (χ4n) is 2.02. The molecule has 0 aliphatic carbocycles. The molecular formula is C12H18BrN3. The van der Waals surface area contributed by atoms with E-state index in [0.29, 0.717) is 0 Å². The zero-order valence-corrected chi connectivity index (χ0v) is 11.1. The normalized spacial score (nSPS) is 17.7. The van der Waals surface area contributed by atoms with Gasteiger partial charge in [0.15, 0.2) is 0 Å². The van der Waals surface area contributed by atoms with Crippen LogP contribution in [0.25, 0.3) is 0 Å². The van der Waals surface area contributed by atoms with E-state index in [2.05, 4.69) is 42.8 Å². The van der Waals surface area contributed by atoms with Crippen molar-refractivity contribution in [1.29, 1.82) is 0 Å². The van der Waals surface area contributed by atoms with Crippen molar-refractivity contribution in [2.24, 2.45) is 0 Å². The summed E-state index contributed by atoms with van der Waals surface area (Å²) in [4.78, 5) is 9.28. The summed E-state index contributed by atoms with van der Waals surface area (Å²) in [6.45, 7) is 5.72. The first-order chi connectivity index (χ1) is 7.90. The van der Waals surface area contributed by atoms with Crippen molar-refractivity contribution in [1.82, 2.24) is 9.88 Å². The second kappa shape index (κ2) is 6.21. The first kappa shape index (κ1) is 11.9. The number of nitrogens with zero attached hydrogens (tertiary/aromatic N) is 3. The Balaban J connectivity index is 1.81. The monoisotopic (exact) mass is 283 g/mol. The van der Waals surface area contributed by atoms with Gasteiger partial charge >= 0.3 is 0 Å². The van der Waals surface area contributed by atoms with Crippen molar-refractivity contribution < 1.29 is 0 Å². The van der Waals surface area contributed by atoms with Gasteiger partial charge in [-0.1, -0.05) is 22.0 Å². The van der Waals surface area contributed by atoms with Crippen LogP contribution in [-0.2, 0) is 0 Å². The molecule has 1 aliphatic heterocycles. The number of rotatable bonds is 4. The van der Waals surface area contributed by atoms with Gasteiger partial charge < -0.3 is 4.90 Å². The predicted molar refractivity (Wildman–Crippen MR) is 71.3 cm³/mol. The van der Waals surface area contributed by atoms with Gasteiger partial charge in [0.25, 0.3) is 0 Å². The molecule has 0 amide bonds. The number of piperazine rings is 1. The van der Waals surface area contributed by atoms with E-state index in [1.165, 1.54) is 13.0 Å². The SMILES string of the molecule is BrCCCN1CCN(c2ccccn2)CC1. The van der Waals surface area contributed by atoms with Crippen LogP contribution in [0.15, 0.2) is 24.4 Å². The van der Waals surface area contributed by atoms with Gasteiger partial charge in [-0.25, -0.2) is 4.98 Å². The molecule has 1 aliphatic rings. The van der Waals surface area contributed by atoms with Crippen LogP contribution in [0.4, 0.5) is 5.82 Å². The minimum atomic E-state index is 1.10. The smallest absolute Gasteiger partial charge is 0.128 e. The van der Waals surface area contributed by atoms with Crippen molar-refractivity contribution >= 4 is 21.7 Å². The highest BCUT2D eigenvalue weighted by Crippen LogP contribution is 2.12. The molecule has 0 unspecified atom stereocenters. The average molecular weight is 284 g/mol. The lowest BCUT2D eigenvalue weighted by atomic mass is 10.3. The summed E-state index contributed by atoms with van der Waals surface area (Å²) in [5.74, 6) is 1.11. The lowest BCUT2D eigenvalue weighted by Crippen LogP contribution is -2.46. The Kier molecular flexibility index (Phi) is 4.60. The molecule has 0 saturated carbocycles. The molecule has 0 spiro atoms. The first-order valence-corrected chi connectivity index (χ1v) is 6.96. The van der Waals surface area contributed by atoms with Gasteiger partial charge in [-0.05, 0) is 25.1 Å². The Hall–Kier alpha value is -0.610. The van der Waals surface area contributed by atoms with Crippen LogP contribution in [0.1, 0.15) is 6.42 Å². The van der Waals surface area contributed by atoms with Crippen molar-refractivity contribution in [3.63, 3.8) is 0 Å². The third-order valence-corrected chi connectivity index (χ3v) is 3.51. The molecule has 0 bridgehead atoms. The Morgan fingerprint density at radius 2 is 2.00 bits per heavy atom. The van der Waals surface area contributed by atoms with Crippen LogP contribution >= 0.6 is 15.9 Å². The standard InChI is InChI=1S/C12H18BrN3/c13-5-3-7-15-8-10-16(11-9-15)12-4-1-2-6-14-12/h1-2,4,6H,3,5,7-11H2. The zero-order chi connectivity index (χ0) is 11.2. The molecule has 0 atom stereocenters. The molecular weight excluding hydrogens is 266 g/mol. The second-order valence-corrected chi connectivity index (χ2v) is 4.85. The van der Waals surface area contributed by atoms with E-state index < -0.39 is 0 Å². The number of hydrogen-bond donors (Lipinski definition) is 0. The molecule has 1 aromatic heterocycles. The number of pyridine rings is 1. The van der Waals surface area contributed by atoms with Crippen molar-refractivity contribution in [2.75, 3.05) is 43.0 Å². The van der Waals surface area contributed by atoms with Crippen LogP contribution in [0.5, 0.6) is 0 Å². The summed E-state index contributed by atoms with van der Waals surface area (Å²) >= 11 is 3.48. The number of hydrogen-bond acceptors (Lipinski definition) is 3. The van der Waals surface area contributed by atoms with Gasteiger partial charge in [-0.2, -0.15) is 0 Å². The zero-order valence-electron chi connectivity index (χ0n) is 9.48. The van der Waals surface area contributed by atoms with E-state index in [0.717, 1.165) is 37.3 Å². The molecule has 4 heteroatoms. The Morgan fingerprint density at radius 1 is 1.19 bits per heavy atom. The maximum Gasteiger partial charge on any atom is 0.128 e. The first-order valence-electron chi connectivity index (χ1n) is 5.84. The summed E-state index contributed by atoms with van der Waals surface area (Å²) in [5.41, 5.74) is 0. The number of aromatic nitrogens is 1. The molecule has 16 heavy (non-hydrogen) atoms. The molecule has 1 saturated heterocycles. The molecule has 0 N–H and O–H groups in total. The number of alkyl halides is 1. The number of halogens is 1. The average Bonchev–Trinajstić information content (AvgIpc) is 2.38. The summed E-state index contributed by atoms with van der Waals surface area (Å²) in [5, 5.41) is 1.10. The van der Waals surface area contributed by atoms with E-state index in [1.807, 2.05) is 12.3 Å². The summed E-state index contributed by atoms with van der Waals surface area (Å²) in [6, 6.07) is 6.11. The quantitative estimate of drug-likeness (QED) is 0.788. The van der Waals surface area contributed by atoms with Gasteiger partial charge in [0, 0.05) is 37.7 Å². The molecule has 2 rings (SSSR count). The summed E-state index contributed by atoms with van der Waals surface area (Å²) < 4.78 is 0. The fourth-order valence-corrected chi connectivity index (χ4v) is 2.28. The minimum absolute atomic E-state index is 1.10. The molecule has 88 valence electrons. The third kappa shape index (κ3) is 3.19. The molecule has 0 radical (unpaired) electrons. The van der Waals surface area contributed by atoms with E-state index >= 15 is 0 Å². The van der Waals surface area contributed by atoms with Crippen LogP contribution in [0, 0.1) is 0 Å². The van der Waals surface area contributed by atoms with Gasteiger partial charge in [0.05, 0.1) is 0 Å². The van der Waals surface area contributed by atoms with Crippen LogP contribution < -0.4 is 4.90 Å². The van der Waals surface area contributed by atoms with E-state index in [-0.39, 0.29) is 0 Å². The highest BCUT2D eigenvalue weighted by Gasteiger charge is 2.16. The van der Waals surface area contributed by atoms with E-state index in [1.54, 1.807) is 0 Å². The van der Waals surface area contributed by atoms with Gasteiger partial charge in [0.2, 0.25) is 0 Å². The highest BCUT2D eigenvalue weighted by molar-refractivity contribution is 9.09. The predicted octanol–water partition coefficient (Wildman–Crippen LogP) is 1.99. The minimum Gasteiger partial charge on any atom is -0.354 e. The third-order valence-electron chi connectivity index (χ3n) is 2.95. The Morgan fingerprint density at radius 3 is 2.62 bits per heavy atom. The van der Waals surface area contributed by atoms with Crippen LogP contribution in [0.2, 0.25) is 0 Å².